The first-order valence-corrected chi connectivity index (χ1v) is 12.8. The van der Waals surface area contributed by atoms with Gasteiger partial charge in [-0.25, -0.2) is 14.6 Å². The van der Waals surface area contributed by atoms with Gasteiger partial charge in [-0.2, -0.15) is 18.3 Å². The number of ether oxygens (including phenoxy) is 2. The number of nitrogens with zero attached hydrogens (tertiary/aromatic N) is 6. The van der Waals surface area contributed by atoms with Crippen molar-refractivity contribution in [2.45, 2.75) is 65.4 Å². The lowest BCUT2D eigenvalue weighted by molar-refractivity contribution is -0.213. The fraction of sp³-hybridized carbons (Fsp3) is 0.538. The lowest BCUT2D eigenvalue weighted by Crippen LogP contribution is -2.47. The van der Waals surface area contributed by atoms with Gasteiger partial charge < -0.3 is 18.9 Å². The predicted octanol–water partition coefficient (Wildman–Crippen LogP) is 4.66. The molecule has 1 atom stereocenters. The van der Waals surface area contributed by atoms with Gasteiger partial charge in [0.05, 0.1) is 12.1 Å². The highest BCUT2D eigenvalue weighted by atomic mass is 19.4. The second-order valence-corrected chi connectivity index (χ2v) is 10.1. The molecule has 0 spiro atoms. The number of aryl methyl sites for hydroxylation is 1. The van der Waals surface area contributed by atoms with Gasteiger partial charge in [-0.1, -0.05) is 0 Å². The van der Waals surface area contributed by atoms with Crippen LogP contribution in [0.25, 0.3) is 22.9 Å². The molecule has 12 heteroatoms. The Labute approximate surface area is 218 Å². The van der Waals surface area contributed by atoms with Crippen LogP contribution in [0.15, 0.2) is 24.4 Å². The van der Waals surface area contributed by atoms with Crippen LogP contribution in [0.1, 0.15) is 45.5 Å². The molecule has 1 saturated heterocycles. The van der Waals surface area contributed by atoms with E-state index in [1.54, 1.807) is 11.0 Å². The number of alkyl halides is 3. The third kappa shape index (κ3) is 5.08. The van der Waals surface area contributed by atoms with Crippen LogP contribution in [0.3, 0.4) is 0 Å². The van der Waals surface area contributed by atoms with Crippen LogP contribution < -0.4 is 9.47 Å². The Bertz CT molecular complexity index is 1320. The predicted molar refractivity (Wildman–Crippen MR) is 133 cm³/mol. The van der Waals surface area contributed by atoms with Crippen LogP contribution >= 0.6 is 0 Å². The summed E-state index contributed by atoms with van der Waals surface area (Å²) in [6, 6.07) is 4.81. The quantitative estimate of drug-likeness (QED) is 0.475. The molecule has 2 aromatic heterocycles. The van der Waals surface area contributed by atoms with Gasteiger partial charge in [0.2, 0.25) is 5.91 Å². The molecule has 1 fully saturated rings. The fourth-order valence-corrected chi connectivity index (χ4v) is 5.10. The molecule has 0 radical (unpaired) electrons. The van der Waals surface area contributed by atoms with Crippen LogP contribution in [-0.4, -0.2) is 67.1 Å². The van der Waals surface area contributed by atoms with Gasteiger partial charge in [-0.05, 0) is 45.7 Å². The van der Waals surface area contributed by atoms with Crippen molar-refractivity contribution >= 4 is 5.91 Å². The zero-order chi connectivity index (χ0) is 27.2. The highest BCUT2D eigenvalue weighted by Crippen LogP contribution is 2.39. The number of piperidine rings is 1. The highest BCUT2D eigenvalue weighted by molar-refractivity contribution is 5.73. The Balaban J connectivity index is 1.42. The van der Waals surface area contributed by atoms with Gasteiger partial charge in [0.1, 0.15) is 35.4 Å². The standard InChI is InChI=1S/C26H31F3N6O3/c1-15(2)35-25(30-16(3)32-35)21-14-34-11-12-37-22-13-19(5-6-20(22)24(34)31-21)38-23(26(27,28)29)18-7-9-33(10-8-18)17(4)36/h5-6,13-15,18,23H,7-12H2,1-4H3. The van der Waals surface area contributed by atoms with E-state index >= 15 is 0 Å². The minimum atomic E-state index is -4.55. The second kappa shape index (κ2) is 9.95. The molecule has 3 aromatic rings. The molecule has 1 unspecified atom stereocenters. The number of rotatable bonds is 5. The Morgan fingerprint density at radius 2 is 1.87 bits per heavy atom. The molecule has 1 amide bonds. The summed E-state index contributed by atoms with van der Waals surface area (Å²) in [4.78, 5) is 22.5. The molecule has 4 heterocycles. The minimum absolute atomic E-state index is 0.0791. The molecule has 5 rings (SSSR count). The van der Waals surface area contributed by atoms with Crippen LogP contribution in [0.4, 0.5) is 13.2 Å². The van der Waals surface area contributed by atoms with Crippen molar-refractivity contribution in [3.63, 3.8) is 0 Å². The summed E-state index contributed by atoms with van der Waals surface area (Å²) >= 11 is 0. The number of hydrogen-bond acceptors (Lipinski definition) is 6. The summed E-state index contributed by atoms with van der Waals surface area (Å²) in [7, 11) is 0. The van der Waals surface area contributed by atoms with E-state index in [2.05, 4.69) is 10.1 Å². The SMILES string of the molecule is CC(=O)N1CCC(C(Oc2ccc3c(c2)OCCn2cc(-c4nc(C)nn4C(C)C)nc2-3)C(F)(F)F)CC1. The highest BCUT2D eigenvalue weighted by Gasteiger charge is 2.47. The second-order valence-electron chi connectivity index (χ2n) is 10.1. The van der Waals surface area contributed by atoms with E-state index in [-0.39, 0.29) is 30.5 Å². The molecule has 0 N–H and O–H groups in total. The summed E-state index contributed by atoms with van der Waals surface area (Å²) < 4.78 is 57.4. The maximum absolute atomic E-state index is 14.0. The van der Waals surface area contributed by atoms with Gasteiger partial charge >= 0.3 is 6.18 Å². The summed E-state index contributed by atoms with van der Waals surface area (Å²) in [6.07, 6.45) is -4.17. The van der Waals surface area contributed by atoms with Gasteiger partial charge in [-0.3, -0.25) is 4.79 Å². The number of likely N-dealkylation sites (tertiary alicyclic amines) is 1. The molecule has 204 valence electrons. The Morgan fingerprint density at radius 1 is 1.13 bits per heavy atom. The molecule has 38 heavy (non-hydrogen) atoms. The zero-order valence-corrected chi connectivity index (χ0v) is 21.8. The minimum Gasteiger partial charge on any atom is -0.491 e. The molecular formula is C26H31F3N6O3. The molecular weight excluding hydrogens is 501 g/mol. The van der Waals surface area contributed by atoms with Crippen molar-refractivity contribution in [2.24, 2.45) is 5.92 Å². The van der Waals surface area contributed by atoms with Crippen molar-refractivity contribution in [1.29, 1.82) is 0 Å². The summed E-state index contributed by atoms with van der Waals surface area (Å²) in [5, 5.41) is 4.47. The maximum Gasteiger partial charge on any atom is 0.425 e. The maximum atomic E-state index is 14.0. The largest absolute Gasteiger partial charge is 0.491 e. The Morgan fingerprint density at radius 3 is 2.53 bits per heavy atom. The number of carbonyl (C=O) groups excluding carboxylic acids is 1. The molecule has 2 aliphatic heterocycles. The van der Waals surface area contributed by atoms with E-state index in [0.717, 1.165) is 0 Å². The first-order valence-electron chi connectivity index (χ1n) is 12.8. The molecule has 2 aliphatic rings. The number of amides is 1. The van der Waals surface area contributed by atoms with E-state index in [0.29, 0.717) is 60.7 Å². The lowest BCUT2D eigenvalue weighted by atomic mass is 9.90. The van der Waals surface area contributed by atoms with Crippen LogP contribution in [0.2, 0.25) is 0 Å². The first-order chi connectivity index (χ1) is 18.0. The monoisotopic (exact) mass is 532 g/mol. The van der Waals surface area contributed by atoms with Gasteiger partial charge in [0.15, 0.2) is 11.9 Å². The number of aromatic nitrogens is 5. The molecule has 0 bridgehead atoms. The number of hydrogen-bond donors (Lipinski definition) is 0. The Hall–Kier alpha value is -3.57. The van der Waals surface area contributed by atoms with E-state index < -0.39 is 18.2 Å². The van der Waals surface area contributed by atoms with E-state index in [9.17, 15) is 18.0 Å². The average Bonchev–Trinajstić information content (AvgIpc) is 3.41. The topological polar surface area (TPSA) is 87.3 Å². The van der Waals surface area contributed by atoms with E-state index in [4.69, 9.17) is 14.5 Å². The number of benzene rings is 1. The number of imidazole rings is 1. The third-order valence-corrected chi connectivity index (χ3v) is 7.01. The van der Waals surface area contributed by atoms with E-state index in [1.165, 1.54) is 19.1 Å². The number of halogens is 3. The first kappa shape index (κ1) is 26.1. The van der Waals surface area contributed by atoms with Crippen LogP contribution in [0, 0.1) is 12.8 Å². The summed E-state index contributed by atoms with van der Waals surface area (Å²) in [5.41, 5.74) is 1.32. The fourth-order valence-electron chi connectivity index (χ4n) is 5.10. The zero-order valence-electron chi connectivity index (χ0n) is 21.8. The van der Waals surface area contributed by atoms with Gasteiger partial charge in [0, 0.05) is 44.2 Å². The van der Waals surface area contributed by atoms with Gasteiger partial charge in [0.25, 0.3) is 0 Å². The van der Waals surface area contributed by atoms with E-state index in [1.807, 2.05) is 36.2 Å². The summed E-state index contributed by atoms with van der Waals surface area (Å²) in [6.45, 7) is 8.71. The molecule has 0 aliphatic carbocycles. The molecule has 9 nitrogen and oxygen atoms in total. The van der Waals surface area contributed by atoms with Crippen LogP contribution in [-0.2, 0) is 11.3 Å². The smallest absolute Gasteiger partial charge is 0.425 e. The number of fused-ring (bicyclic) bond motifs is 3. The Kier molecular flexibility index (Phi) is 6.83. The van der Waals surface area contributed by atoms with Crippen molar-refractivity contribution in [2.75, 3.05) is 19.7 Å². The average molecular weight is 533 g/mol. The molecule has 0 saturated carbocycles. The normalized spacial score (nSPS) is 17.0. The number of carbonyl (C=O) groups is 1. The van der Waals surface area contributed by atoms with Crippen molar-refractivity contribution in [3.05, 3.63) is 30.2 Å². The van der Waals surface area contributed by atoms with Gasteiger partial charge in [-0.15, -0.1) is 0 Å². The molecule has 1 aromatic carbocycles. The third-order valence-electron chi connectivity index (χ3n) is 7.01. The van der Waals surface area contributed by atoms with Crippen molar-refractivity contribution < 1.29 is 27.4 Å². The van der Waals surface area contributed by atoms with Crippen molar-refractivity contribution in [3.8, 4) is 34.4 Å². The lowest BCUT2D eigenvalue weighted by Gasteiger charge is -2.36. The summed E-state index contributed by atoms with van der Waals surface area (Å²) in [5.74, 6) is 1.56. The van der Waals surface area contributed by atoms with Crippen molar-refractivity contribution in [1.82, 2.24) is 29.2 Å². The van der Waals surface area contributed by atoms with Crippen LogP contribution in [0.5, 0.6) is 11.5 Å².